The molecule has 92 valence electrons. The normalized spacial score (nSPS) is 13.7. The Morgan fingerprint density at radius 3 is 2.94 bits per heavy atom. The maximum atomic E-state index is 11.6. The molecule has 3 nitrogen and oxygen atoms in total. The highest BCUT2D eigenvalue weighted by atomic mass is 32.1. The minimum Gasteiger partial charge on any atom is -0.344 e. The second-order valence-corrected chi connectivity index (χ2v) is 5.03. The molecule has 4 heteroatoms. The minimum absolute atomic E-state index is 0.0546. The van der Waals surface area contributed by atoms with Crippen molar-refractivity contribution in [3.63, 3.8) is 0 Å². The van der Waals surface area contributed by atoms with Crippen LogP contribution < -0.4 is 10.6 Å². The molecule has 0 saturated heterocycles. The van der Waals surface area contributed by atoms with Gasteiger partial charge in [0.15, 0.2) is 0 Å². The van der Waals surface area contributed by atoms with Crippen molar-refractivity contribution in [2.75, 3.05) is 6.54 Å². The van der Waals surface area contributed by atoms with E-state index >= 15 is 0 Å². The summed E-state index contributed by atoms with van der Waals surface area (Å²) >= 11 is 1.73. The lowest BCUT2D eigenvalue weighted by Gasteiger charge is -2.18. The first-order chi connectivity index (χ1) is 8.13. The van der Waals surface area contributed by atoms with Gasteiger partial charge in [-0.2, -0.15) is 0 Å². The number of rotatable bonds is 6. The SMILES string of the molecule is C#CCNC(=O)C(C)NC(C)Cc1cccs1. The van der Waals surface area contributed by atoms with Gasteiger partial charge in [-0.05, 0) is 31.7 Å². The standard InChI is InChI=1S/C13H18N2OS/c1-4-7-14-13(16)11(3)15-10(2)9-12-6-5-8-17-12/h1,5-6,8,10-11,15H,7,9H2,2-3H3,(H,14,16). The number of carbonyl (C=O) groups is 1. The highest BCUT2D eigenvalue weighted by Crippen LogP contribution is 2.11. The fourth-order valence-corrected chi connectivity index (χ4v) is 2.42. The molecule has 0 fully saturated rings. The summed E-state index contributed by atoms with van der Waals surface area (Å²) in [4.78, 5) is 12.9. The Morgan fingerprint density at radius 1 is 1.59 bits per heavy atom. The lowest BCUT2D eigenvalue weighted by atomic mass is 10.2. The largest absolute Gasteiger partial charge is 0.344 e. The predicted molar refractivity (Wildman–Crippen MR) is 71.9 cm³/mol. The summed E-state index contributed by atoms with van der Waals surface area (Å²) in [5.41, 5.74) is 0. The van der Waals surface area contributed by atoms with Crippen LogP contribution in [0.3, 0.4) is 0 Å². The number of amides is 1. The number of hydrogen-bond donors (Lipinski definition) is 2. The first-order valence-electron chi connectivity index (χ1n) is 5.63. The van der Waals surface area contributed by atoms with E-state index in [1.165, 1.54) is 4.88 Å². The first-order valence-corrected chi connectivity index (χ1v) is 6.51. The van der Waals surface area contributed by atoms with Crippen LogP contribution in [0.5, 0.6) is 0 Å². The zero-order chi connectivity index (χ0) is 12.7. The Kier molecular flexibility index (Phi) is 5.75. The number of nitrogens with one attached hydrogen (secondary N) is 2. The summed E-state index contributed by atoms with van der Waals surface area (Å²) < 4.78 is 0. The van der Waals surface area contributed by atoms with E-state index in [0.717, 1.165) is 6.42 Å². The van der Waals surface area contributed by atoms with E-state index < -0.39 is 0 Å². The van der Waals surface area contributed by atoms with Crippen LogP contribution in [0, 0.1) is 12.3 Å². The van der Waals surface area contributed by atoms with Crippen LogP contribution in [0.4, 0.5) is 0 Å². The van der Waals surface area contributed by atoms with Crippen LogP contribution in [-0.4, -0.2) is 24.5 Å². The summed E-state index contributed by atoms with van der Waals surface area (Å²) in [6.07, 6.45) is 6.02. The van der Waals surface area contributed by atoms with Crippen LogP contribution in [0.15, 0.2) is 17.5 Å². The summed E-state index contributed by atoms with van der Waals surface area (Å²) in [5, 5.41) is 7.97. The number of terminal acetylenes is 1. The van der Waals surface area contributed by atoms with Gasteiger partial charge < -0.3 is 10.6 Å². The van der Waals surface area contributed by atoms with Crippen LogP contribution in [0.1, 0.15) is 18.7 Å². The smallest absolute Gasteiger partial charge is 0.237 e. The van der Waals surface area contributed by atoms with E-state index in [1.54, 1.807) is 11.3 Å². The molecule has 1 aromatic rings. The molecule has 1 heterocycles. The molecule has 2 N–H and O–H groups in total. The molecular weight excluding hydrogens is 232 g/mol. The van der Waals surface area contributed by atoms with Gasteiger partial charge >= 0.3 is 0 Å². The highest BCUT2D eigenvalue weighted by Gasteiger charge is 2.14. The van der Waals surface area contributed by atoms with Crippen molar-refractivity contribution < 1.29 is 4.79 Å². The Hall–Kier alpha value is -1.31. The molecule has 0 aliphatic heterocycles. The summed E-state index contributed by atoms with van der Waals surface area (Å²) in [6.45, 7) is 4.20. The summed E-state index contributed by atoms with van der Waals surface area (Å²) in [7, 11) is 0. The third-order valence-electron chi connectivity index (χ3n) is 2.38. The van der Waals surface area contributed by atoms with Crippen LogP contribution >= 0.6 is 11.3 Å². The lowest BCUT2D eigenvalue weighted by Crippen LogP contribution is -2.46. The van der Waals surface area contributed by atoms with Crippen molar-refractivity contribution >= 4 is 17.2 Å². The molecule has 1 amide bonds. The van der Waals surface area contributed by atoms with Crippen LogP contribution in [0.2, 0.25) is 0 Å². The van der Waals surface area contributed by atoms with Gasteiger partial charge in [0.1, 0.15) is 0 Å². The molecule has 17 heavy (non-hydrogen) atoms. The van der Waals surface area contributed by atoms with E-state index in [2.05, 4.69) is 34.9 Å². The number of carbonyl (C=O) groups excluding carboxylic acids is 1. The highest BCUT2D eigenvalue weighted by molar-refractivity contribution is 7.09. The monoisotopic (exact) mass is 250 g/mol. The second kappa shape index (κ2) is 7.10. The fourth-order valence-electron chi connectivity index (χ4n) is 1.58. The quantitative estimate of drug-likeness (QED) is 0.750. The van der Waals surface area contributed by atoms with Gasteiger partial charge in [-0.3, -0.25) is 4.79 Å². The molecule has 0 aliphatic carbocycles. The molecule has 0 aliphatic rings. The van der Waals surface area contributed by atoms with E-state index in [1.807, 2.05) is 13.0 Å². The van der Waals surface area contributed by atoms with Gasteiger partial charge in [-0.1, -0.05) is 12.0 Å². The molecule has 0 aromatic carbocycles. The fraction of sp³-hybridized carbons (Fsp3) is 0.462. The van der Waals surface area contributed by atoms with Crippen LogP contribution in [0.25, 0.3) is 0 Å². The number of thiophene rings is 1. The van der Waals surface area contributed by atoms with Crippen molar-refractivity contribution in [1.29, 1.82) is 0 Å². The second-order valence-electron chi connectivity index (χ2n) is 3.99. The third kappa shape index (κ3) is 5.03. The van der Waals surface area contributed by atoms with Gasteiger partial charge in [-0.15, -0.1) is 17.8 Å². The third-order valence-corrected chi connectivity index (χ3v) is 3.28. The zero-order valence-corrected chi connectivity index (χ0v) is 11.0. The average molecular weight is 250 g/mol. The van der Waals surface area contributed by atoms with E-state index in [-0.39, 0.29) is 24.5 Å². The molecule has 0 saturated carbocycles. The van der Waals surface area contributed by atoms with Gasteiger partial charge in [0, 0.05) is 10.9 Å². The van der Waals surface area contributed by atoms with E-state index in [4.69, 9.17) is 6.42 Å². The van der Waals surface area contributed by atoms with Crippen molar-refractivity contribution in [2.45, 2.75) is 32.4 Å². The Morgan fingerprint density at radius 2 is 2.35 bits per heavy atom. The molecule has 0 radical (unpaired) electrons. The lowest BCUT2D eigenvalue weighted by molar-refractivity contribution is -0.122. The topological polar surface area (TPSA) is 41.1 Å². The molecule has 2 atom stereocenters. The average Bonchev–Trinajstić information content (AvgIpc) is 2.78. The van der Waals surface area contributed by atoms with Gasteiger partial charge in [0.25, 0.3) is 0 Å². The van der Waals surface area contributed by atoms with Gasteiger partial charge in [0.2, 0.25) is 5.91 Å². The van der Waals surface area contributed by atoms with Crippen molar-refractivity contribution in [1.82, 2.24) is 10.6 Å². The zero-order valence-electron chi connectivity index (χ0n) is 10.2. The maximum absolute atomic E-state index is 11.6. The molecule has 1 aromatic heterocycles. The van der Waals surface area contributed by atoms with Crippen LogP contribution in [-0.2, 0) is 11.2 Å². The molecule has 0 bridgehead atoms. The van der Waals surface area contributed by atoms with Crippen molar-refractivity contribution in [3.8, 4) is 12.3 Å². The predicted octanol–water partition coefficient (Wildman–Crippen LogP) is 1.41. The summed E-state index contributed by atoms with van der Waals surface area (Å²) in [5.74, 6) is 2.33. The van der Waals surface area contributed by atoms with Gasteiger partial charge in [0.05, 0.1) is 12.6 Å². The van der Waals surface area contributed by atoms with Crippen molar-refractivity contribution in [2.24, 2.45) is 0 Å². The molecule has 2 unspecified atom stereocenters. The minimum atomic E-state index is -0.224. The number of hydrogen-bond acceptors (Lipinski definition) is 3. The molecule has 1 rings (SSSR count). The van der Waals surface area contributed by atoms with Crippen molar-refractivity contribution in [3.05, 3.63) is 22.4 Å². The molecular formula is C13H18N2OS. The Labute approximate surface area is 107 Å². The summed E-state index contributed by atoms with van der Waals surface area (Å²) in [6, 6.07) is 4.18. The van der Waals surface area contributed by atoms with E-state index in [0.29, 0.717) is 0 Å². The Balaban J connectivity index is 2.32. The first kappa shape index (κ1) is 13.8. The van der Waals surface area contributed by atoms with E-state index in [9.17, 15) is 4.79 Å². The maximum Gasteiger partial charge on any atom is 0.237 e. The molecule has 0 spiro atoms. The van der Waals surface area contributed by atoms with Gasteiger partial charge in [-0.25, -0.2) is 0 Å². The Bertz CT molecular complexity index is 381.